The van der Waals surface area contributed by atoms with E-state index in [4.69, 9.17) is 11.6 Å². The topological polar surface area (TPSA) is 12.0 Å². The Kier molecular flexibility index (Phi) is 5.43. The highest BCUT2D eigenvalue weighted by atomic mass is 79.9. The molecule has 2 aromatic rings. The van der Waals surface area contributed by atoms with Crippen molar-refractivity contribution in [3.8, 4) is 0 Å². The van der Waals surface area contributed by atoms with Gasteiger partial charge >= 0.3 is 0 Å². The fourth-order valence-electron chi connectivity index (χ4n) is 1.83. The Hall–Kier alpha value is 0.0600. The van der Waals surface area contributed by atoms with Crippen molar-refractivity contribution < 1.29 is 4.39 Å². The van der Waals surface area contributed by atoms with Crippen LogP contribution in [-0.2, 0) is 0 Å². The van der Waals surface area contributed by atoms with E-state index in [9.17, 15) is 4.39 Å². The summed E-state index contributed by atoms with van der Waals surface area (Å²) in [6, 6.07) is 6.81. The minimum atomic E-state index is -0.256. The van der Waals surface area contributed by atoms with E-state index in [0.717, 1.165) is 25.9 Å². The van der Waals surface area contributed by atoms with Crippen molar-refractivity contribution in [3.05, 3.63) is 53.8 Å². The standard InChI is InChI=1S/C13H11Br2ClFNS/c1-2-18-12(11-6-10(15)13(16)19-11)7-3-8(14)5-9(17)4-7/h3-6,12,18H,2H2,1H3. The van der Waals surface area contributed by atoms with Gasteiger partial charge in [-0.05, 0) is 52.3 Å². The van der Waals surface area contributed by atoms with Crippen molar-refractivity contribution in [2.75, 3.05) is 6.54 Å². The molecule has 0 aliphatic heterocycles. The Balaban J connectivity index is 2.44. The lowest BCUT2D eigenvalue weighted by Gasteiger charge is -2.17. The third kappa shape index (κ3) is 3.79. The predicted molar refractivity (Wildman–Crippen MR) is 86.6 cm³/mol. The van der Waals surface area contributed by atoms with Gasteiger partial charge in [0.15, 0.2) is 0 Å². The average molecular weight is 428 g/mol. The zero-order chi connectivity index (χ0) is 14.0. The van der Waals surface area contributed by atoms with Gasteiger partial charge in [0, 0.05) is 13.8 Å². The van der Waals surface area contributed by atoms with Crippen LogP contribution in [0.2, 0.25) is 4.34 Å². The summed E-state index contributed by atoms with van der Waals surface area (Å²) < 4.78 is 15.8. The summed E-state index contributed by atoms with van der Waals surface area (Å²) in [5, 5.41) is 3.35. The van der Waals surface area contributed by atoms with Crippen molar-refractivity contribution in [2.24, 2.45) is 0 Å². The molecule has 0 amide bonds. The van der Waals surface area contributed by atoms with Crippen LogP contribution in [0.1, 0.15) is 23.4 Å². The molecule has 6 heteroatoms. The Morgan fingerprint density at radius 3 is 2.58 bits per heavy atom. The quantitative estimate of drug-likeness (QED) is 0.654. The lowest BCUT2D eigenvalue weighted by Crippen LogP contribution is -2.21. The normalized spacial score (nSPS) is 12.7. The van der Waals surface area contributed by atoms with E-state index in [-0.39, 0.29) is 11.9 Å². The average Bonchev–Trinajstić information content (AvgIpc) is 2.65. The largest absolute Gasteiger partial charge is 0.306 e. The molecule has 0 saturated heterocycles. The number of nitrogens with one attached hydrogen (secondary N) is 1. The Morgan fingerprint density at radius 1 is 1.32 bits per heavy atom. The number of hydrogen-bond acceptors (Lipinski definition) is 2. The van der Waals surface area contributed by atoms with Gasteiger partial charge in [-0.2, -0.15) is 0 Å². The SMILES string of the molecule is CCNC(c1cc(F)cc(Br)c1)c1cc(Br)c(Cl)s1. The molecule has 1 unspecified atom stereocenters. The first-order chi connectivity index (χ1) is 9.01. The lowest BCUT2D eigenvalue weighted by molar-refractivity contribution is 0.606. The van der Waals surface area contributed by atoms with Crippen LogP contribution in [-0.4, -0.2) is 6.54 Å². The molecule has 1 N–H and O–H groups in total. The van der Waals surface area contributed by atoms with Crippen LogP contribution in [0.4, 0.5) is 4.39 Å². The smallest absolute Gasteiger partial charge is 0.124 e. The number of thiophene rings is 1. The van der Waals surface area contributed by atoms with Gasteiger partial charge in [0.05, 0.1) is 6.04 Å². The van der Waals surface area contributed by atoms with Crippen molar-refractivity contribution in [3.63, 3.8) is 0 Å². The zero-order valence-electron chi connectivity index (χ0n) is 10.0. The third-order valence-electron chi connectivity index (χ3n) is 2.58. The van der Waals surface area contributed by atoms with Gasteiger partial charge in [-0.25, -0.2) is 4.39 Å². The van der Waals surface area contributed by atoms with Gasteiger partial charge in [-0.1, -0.05) is 34.5 Å². The molecule has 1 heterocycles. The lowest BCUT2D eigenvalue weighted by atomic mass is 10.1. The maximum Gasteiger partial charge on any atom is 0.124 e. The molecule has 0 fully saturated rings. The number of rotatable bonds is 4. The van der Waals surface area contributed by atoms with Crippen LogP contribution in [0.3, 0.4) is 0 Å². The molecule has 0 aliphatic carbocycles. The summed E-state index contributed by atoms with van der Waals surface area (Å²) in [5.41, 5.74) is 0.874. The van der Waals surface area contributed by atoms with Crippen molar-refractivity contribution in [2.45, 2.75) is 13.0 Å². The molecule has 0 bridgehead atoms. The van der Waals surface area contributed by atoms with E-state index in [1.165, 1.54) is 17.4 Å². The first-order valence-corrected chi connectivity index (χ1v) is 8.43. The van der Waals surface area contributed by atoms with Crippen LogP contribution >= 0.6 is 54.8 Å². The molecule has 1 nitrogen and oxygen atoms in total. The van der Waals surface area contributed by atoms with Crippen LogP contribution in [0, 0.1) is 5.82 Å². The van der Waals surface area contributed by atoms with Gasteiger partial charge in [-0.15, -0.1) is 11.3 Å². The Labute approximate surface area is 137 Å². The van der Waals surface area contributed by atoms with Crippen LogP contribution in [0.25, 0.3) is 0 Å². The summed E-state index contributed by atoms with van der Waals surface area (Å²) in [7, 11) is 0. The highest BCUT2D eigenvalue weighted by Gasteiger charge is 2.18. The van der Waals surface area contributed by atoms with Gasteiger partial charge < -0.3 is 5.32 Å². The fourth-order valence-corrected chi connectivity index (χ4v) is 4.16. The monoisotopic (exact) mass is 425 g/mol. The van der Waals surface area contributed by atoms with Crippen molar-refractivity contribution >= 4 is 54.8 Å². The van der Waals surface area contributed by atoms with Gasteiger partial charge in [0.2, 0.25) is 0 Å². The Bertz CT molecular complexity index is 548. The second-order valence-electron chi connectivity index (χ2n) is 3.96. The highest BCUT2D eigenvalue weighted by Crippen LogP contribution is 2.37. The molecular formula is C13H11Br2ClFNS. The molecule has 2 rings (SSSR count). The highest BCUT2D eigenvalue weighted by molar-refractivity contribution is 9.10. The van der Waals surface area contributed by atoms with Gasteiger partial charge in [0.1, 0.15) is 10.2 Å². The molecule has 1 aromatic carbocycles. The summed E-state index contributed by atoms with van der Waals surface area (Å²) in [6.07, 6.45) is 0. The molecule has 0 spiro atoms. The number of hydrogen-bond donors (Lipinski definition) is 1. The second kappa shape index (κ2) is 6.68. The maximum atomic E-state index is 13.5. The van der Waals surface area contributed by atoms with E-state index >= 15 is 0 Å². The predicted octanol–water partition coefficient (Wildman–Crippen LogP) is 5.76. The molecule has 19 heavy (non-hydrogen) atoms. The summed E-state index contributed by atoms with van der Waals surface area (Å²) >= 11 is 14.3. The molecule has 102 valence electrons. The van der Waals surface area contributed by atoms with Crippen molar-refractivity contribution in [1.29, 1.82) is 0 Å². The van der Waals surface area contributed by atoms with Crippen LogP contribution < -0.4 is 5.32 Å². The zero-order valence-corrected chi connectivity index (χ0v) is 14.8. The molecule has 0 saturated carbocycles. The van der Waals surface area contributed by atoms with Crippen molar-refractivity contribution in [1.82, 2.24) is 5.32 Å². The van der Waals surface area contributed by atoms with Gasteiger partial charge in [-0.3, -0.25) is 0 Å². The molecule has 1 atom stereocenters. The first kappa shape index (κ1) is 15.4. The molecule has 0 aliphatic rings. The minimum absolute atomic E-state index is 0.0641. The van der Waals surface area contributed by atoms with E-state index in [1.54, 1.807) is 6.07 Å². The number of benzene rings is 1. The maximum absolute atomic E-state index is 13.5. The molecule has 1 aromatic heterocycles. The third-order valence-corrected chi connectivity index (χ3v) is 5.57. The van der Waals surface area contributed by atoms with E-state index in [2.05, 4.69) is 37.2 Å². The number of halogens is 4. The molecular weight excluding hydrogens is 416 g/mol. The minimum Gasteiger partial charge on any atom is -0.306 e. The molecule has 0 radical (unpaired) electrons. The van der Waals surface area contributed by atoms with Crippen LogP contribution in [0.15, 0.2) is 33.2 Å². The second-order valence-corrected chi connectivity index (χ2v) is 7.42. The van der Waals surface area contributed by atoms with E-state index < -0.39 is 0 Å². The Morgan fingerprint density at radius 2 is 2.05 bits per heavy atom. The van der Waals surface area contributed by atoms with E-state index in [1.807, 2.05) is 19.1 Å². The summed E-state index contributed by atoms with van der Waals surface area (Å²) in [6.45, 7) is 2.80. The first-order valence-electron chi connectivity index (χ1n) is 5.65. The summed E-state index contributed by atoms with van der Waals surface area (Å²) in [4.78, 5) is 1.05. The fraction of sp³-hybridized carbons (Fsp3) is 0.231. The van der Waals surface area contributed by atoms with Crippen LogP contribution in [0.5, 0.6) is 0 Å². The van der Waals surface area contributed by atoms with E-state index in [0.29, 0.717) is 4.34 Å². The summed E-state index contributed by atoms with van der Waals surface area (Å²) in [5.74, 6) is -0.256. The van der Waals surface area contributed by atoms with Gasteiger partial charge in [0.25, 0.3) is 0 Å².